The molecular formula is C50H85NO7P+. The Balaban J connectivity index is 4.37. The SMILES string of the molecule is CC/C=C\C/C=C\C/C=C\C/C=C\C/C=C\C/C=C\C/C=C\CCCC(=O)OC(COCCCCCCCC/C=C\C/C=C\CCC)COP(=O)(O)OCC[N+](C)(C)C. The quantitative estimate of drug-likeness (QED) is 0.0216. The van der Waals surface area contributed by atoms with Gasteiger partial charge in [-0.15, -0.1) is 0 Å². The van der Waals surface area contributed by atoms with Gasteiger partial charge < -0.3 is 18.9 Å². The molecule has 0 rings (SSSR count). The van der Waals surface area contributed by atoms with Crippen molar-refractivity contribution in [2.24, 2.45) is 0 Å². The lowest BCUT2D eigenvalue weighted by molar-refractivity contribution is -0.870. The molecule has 0 aliphatic rings. The van der Waals surface area contributed by atoms with Gasteiger partial charge in [0.1, 0.15) is 19.3 Å². The predicted molar refractivity (Wildman–Crippen MR) is 251 cm³/mol. The van der Waals surface area contributed by atoms with Crippen molar-refractivity contribution < 1.29 is 37.3 Å². The van der Waals surface area contributed by atoms with Crippen LogP contribution in [0.1, 0.15) is 142 Å². The van der Waals surface area contributed by atoms with Crippen molar-refractivity contribution in [3.05, 3.63) is 109 Å². The number of phosphoric ester groups is 1. The largest absolute Gasteiger partial charge is 0.472 e. The van der Waals surface area contributed by atoms with Gasteiger partial charge in [-0.3, -0.25) is 13.8 Å². The number of nitrogens with zero attached hydrogens (tertiary/aromatic N) is 1. The Morgan fingerprint density at radius 2 is 0.983 bits per heavy atom. The van der Waals surface area contributed by atoms with Crippen molar-refractivity contribution in [3.8, 4) is 0 Å². The van der Waals surface area contributed by atoms with E-state index in [2.05, 4.69) is 123 Å². The van der Waals surface area contributed by atoms with Crippen LogP contribution in [0, 0.1) is 0 Å². The summed E-state index contributed by atoms with van der Waals surface area (Å²) in [6.45, 7) is 5.30. The Morgan fingerprint density at radius 1 is 0.542 bits per heavy atom. The minimum atomic E-state index is -4.30. The average Bonchev–Trinajstić information content (AvgIpc) is 3.19. The minimum absolute atomic E-state index is 0.0687. The number of quaternary nitrogens is 1. The van der Waals surface area contributed by atoms with Crippen molar-refractivity contribution in [2.45, 2.75) is 148 Å². The number of carbonyl (C=O) groups excluding carboxylic acids is 1. The van der Waals surface area contributed by atoms with Gasteiger partial charge in [-0.1, -0.05) is 155 Å². The molecule has 0 aliphatic carbocycles. The Bertz CT molecular complexity index is 1300. The van der Waals surface area contributed by atoms with Crippen LogP contribution in [0.25, 0.3) is 0 Å². The van der Waals surface area contributed by atoms with Gasteiger partial charge >= 0.3 is 13.8 Å². The smallest absolute Gasteiger partial charge is 0.457 e. The first-order chi connectivity index (χ1) is 28.6. The number of phosphoric acid groups is 1. The van der Waals surface area contributed by atoms with Gasteiger partial charge in [-0.25, -0.2) is 4.57 Å². The second-order valence-corrected chi connectivity index (χ2v) is 17.1. The fourth-order valence-electron chi connectivity index (χ4n) is 5.34. The zero-order chi connectivity index (χ0) is 43.4. The van der Waals surface area contributed by atoms with E-state index >= 15 is 0 Å². The summed E-state index contributed by atoms with van der Waals surface area (Å²) >= 11 is 0. The number of unbranched alkanes of at least 4 members (excludes halogenated alkanes) is 8. The summed E-state index contributed by atoms with van der Waals surface area (Å²) < 4.78 is 34.9. The first-order valence-corrected chi connectivity index (χ1v) is 24.1. The topological polar surface area (TPSA) is 91.3 Å². The van der Waals surface area contributed by atoms with Crippen LogP contribution in [0.15, 0.2) is 109 Å². The molecule has 0 aromatic rings. The van der Waals surface area contributed by atoms with Crippen LogP contribution < -0.4 is 0 Å². The van der Waals surface area contributed by atoms with Gasteiger partial charge in [0.25, 0.3) is 0 Å². The summed E-state index contributed by atoms with van der Waals surface area (Å²) in [5, 5.41) is 0. The van der Waals surface area contributed by atoms with Crippen molar-refractivity contribution >= 4 is 13.8 Å². The molecule has 0 fully saturated rings. The van der Waals surface area contributed by atoms with Crippen LogP contribution in [0.3, 0.4) is 0 Å². The minimum Gasteiger partial charge on any atom is -0.457 e. The number of esters is 1. The highest BCUT2D eigenvalue weighted by Crippen LogP contribution is 2.43. The van der Waals surface area contributed by atoms with Crippen LogP contribution in [-0.2, 0) is 27.9 Å². The van der Waals surface area contributed by atoms with E-state index in [4.69, 9.17) is 18.5 Å². The van der Waals surface area contributed by atoms with Crippen molar-refractivity contribution in [2.75, 3.05) is 54.1 Å². The van der Waals surface area contributed by atoms with E-state index in [-0.39, 0.29) is 32.2 Å². The number of likely N-dealkylation sites (N-methyl/N-ethyl adjacent to an activating group) is 1. The van der Waals surface area contributed by atoms with Gasteiger partial charge in [0.2, 0.25) is 0 Å². The Hall–Kier alpha value is -2.84. The summed E-state index contributed by atoms with van der Waals surface area (Å²) in [6, 6.07) is 0. The molecule has 0 amide bonds. The molecular weight excluding hydrogens is 758 g/mol. The third-order valence-electron chi connectivity index (χ3n) is 8.80. The highest BCUT2D eigenvalue weighted by molar-refractivity contribution is 7.47. The lowest BCUT2D eigenvalue weighted by atomic mass is 10.1. The second kappa shape index (κ2) is 41.9. The Morgan fingerprint density at radius 3 is 1.47 bits per heavy atom. The number of carbonyl (C=O) groups is 1. The zero-order valence-corrected chi connectivity index (χ0v) is 38.8. The third kappa shape index (κ3) is 46.1. The second-order valence-electron chi connectivity index (χ2n) is 15.7. The molecule has 0 aromatic carbocycles. The molecule has 0 spiro atoms. The normalized spacial score (nSPS) is 14.7. The van der Waals surface area contributed by atoms with Crippen LogP contribution in [0.4, 0.5) is 0 Å². The maximum Gasteiger partial charge on any atom is 0.472 e. The maximum absolute atomic E-state index is 12.7. The van der Waals surface area contributed by atoms with Crippen molar-refractivity contribution in [1.82, 2.24) is 0 Å². The summed E-state index contributed by atoms with van der Waals surface area (Å²) in [6.07, 6.45) is 58.5. The van der Waals surface area contributed by atoms with E-state index in [0.29, 0.717) is 24.1 Å². The number of hydrogen-bond donors (Lipinski definition) is 1. The summed E-state index contributed by atoms with van der Waals surface area (Å²) in [7, 11) is 1.60. The van der Waals surface area contributed by atoms with Crippen LogP contribution in [-0.4, -0.2) is 75.6 Å². The van der Waals surface area contributed by atoms with Gasteiger partial charge in [0, 0.05) is 13.0 Å². The van der Waals surface area contributed by atoms with E-state index in [1.807, 2.05) is 21.1 Å². The summed E-state index contributed by atoms with van der Waals surface area (Å²) in [5.74, 6) is -0.380. The van der Waals surface area contributed by atoms with E-state index in [1.54, 1.807) is 0 Å². The highest BCUT2D eigenvalue weighted by atomic mass is 31.2. The molecule has 0 aromatic heterocycles. The van der Waals surface area contributed by atoms with Crippen LogP contribution in [0.5, 0.6) is 0 Å². The molecule has 2 unspecified atom stereocenters. The molecule has 9 heteroatoms. The third-order valence-corrected chi connectivity index (χ3v) is 9.78. The standard InChI is InChI=1S/C50H84NO7P/c1-6-8-10-12-14-16-18-20-22-23-24-25-26-27-28-29-30-31-33-35-37-39-41-43-50(52)58-49(48-57-59(53,54)56-46-44-51(3,4)5)47-55-45-42-40-38-36-34-32-21-19-17-15-13-11-9-7-2/h8,10-11,13-14,16-17,19-20,22,24-25,27-28,30-31,35,37,49H,6-7,9,12,15,18,21,23,26,29,32-34,36,38-48H2,1-5H3/p+1/b10-8-,13-11-,16-14-,19-17-,22-20-,25-24-,28-27-,31-30-,37-35-. The predicted octanol–water partition coefficient (Wildman–Crippen LogP) is 13.6. The first kappa shape index (κ1) is 56.2. The Labute approximate surface area is 361 Å². The van der Waals surface area contributed by atoms with Crippen molar-refractivity contribution in [1.29, 1.82) is 0 Å². The average molecular weight is 843 g/mol. The number of hydrogen-bond acceptors (Lipinski definition) is 6. The molecule has 2 atom stereocenters. The van der Waals surface area contributed by atoms with Gasteiger partial charge in [0.15, 0.2) is 0 Å². The number of rotatable bonds is 40. The lowest BCUT2D eigenvalue weighted by Crippen LogP contribution is -2.37. The van der Waals surface area contributed by atoms with E-state index in [0.717, 1.165) is 89.9 Å². The van der Waals surface area contributed by atoms with Gasteiger partial charge in [-0.05, 0) is 89.9 Å². The first-order valence-electron chi connectivity index (χ1n) is 22.6. The fraction of sp³-hybridized carbons (Fsp3) is 0.620. The molecule has 8 nitrogen and oxygen atoms in total. The molecule has 336 valence electrons. The molecule has 59 heavy (non-hydrogen) atoms. The zero-order valence-electron chi connectivity index (χ0n) is 37.9. The Kier molecular flexibility index (Phi) is 39.9. The van der Waals surface area contributed by atoms with E-state index < -0.39 is 13.9 Å². The fourth-order valence-corrected chi connectivity index (χ4v) is 6.08. The van der Waals surface area contributed by atoms with Gasteiger partial charge in [-0.2, -0.15) is 0 Å². The molecule has 0 aliphatic heterocycles. The maximum atomic E-state index is 12.7. The van der Waals surface area contributed by atoms with Crippen LogP contribution in [0.2, 0.25) is 0 Å². The van der Waals surface area contributed by atoms with Crippen LogP contribution >= 0.6 is 7.82 Å². The summed E-state index contributed by atoms with van der Waals surface area (Å²) in [4.78, 5) is 22.9. The molecule has 0 heterocycles. The van der Waals surface area contributed by atoms with Crippen molar-refractivity contribution in [3.63, 3.8) is 0 Å². The molecule has 0 saturated heterocycles. The summed E-state index contributed by atoms with van der Waals surface area (Å²) in [5.41, 5.74) is 0. The molecule has 0 bridgehead atoms. The molecule has 0 radical (unpaired) electrons. The molecule has 0 saturated carbocycles. The molecule has 1 N–H and O–H groups in total. The van der Waals surface area contributed by atoms with Gasteiger partial charge in [0.05, 0.1) is 34.4 Å². The number of ether oxygens (including phenoxy) is 2. The highest BCUT2D eigenvalue weighted by Gasteiger charge is 2.26. The van der Waals surface area contributed by atoms with E-state index in [9.17, 15) is 14.3 Å². The van der Waals surface area contributed by atoms with E-state index in [1.165, 1.54) is 25.7 Å². The monoisotopic (exact) mass is 843 g/mol. The number of allylic oxidation sites excluding steroid dienone is 18. The lowest BCUT2D eigenvalue weighted by Gasteiger charge is -2.24.